The van der Waals surface area contributed by atoms with Crippen LogP contribution in [0.4, 0.5) is 0 Å². The molecule has 0 spiro atoms. The van der Waals surface area contributed by atoms with E-state index in [-0.39, 0.29) is 11.5 Å². The van der Waals surface area contributed by atoms with Gasteiger partial charge in [0.25, 0.3) is 0 Å². The molecule has 82 valence electrons. The van der Waals surface area contributed by atoms with Crippen molar-refractivity contribution in [2.75, 3.05) is 6.54 Å². The lowest BCUT2D eigenvalue weighted by molar-refractivity contribution is 0.174. The number of hydrogen-bond acceptors (Lipinski definition) is 2. The van der Waals surface area contributed by atoms with Crippen molar-refractivity contribution in [3.05, 3.63) is 34.3 Å². The average molecular weight is 270 g/mol. The number of halogens is 1. The van der Waals surface area contributed by atoms with Crippen molar-refractivity contribution in [2.45, 2.75) is 30.8 Å². The van der Waals surface area contributed by atoms with Crippen LogP contribution in [0.15, 0.2) is 28.7 Å². The van der Waals surface area contributed by atoms with Crippen LogP contribution in [-0.4, -0.2) is 17.8 Å². The molecule has 0 bridgehead atoms. The SMILES string of the molecule is NCC1(c2cccc(Br)c2)CCC(O)C1. The summed E-state index contributed by atoms with van der Waals surface area (Å²) in [4.78, 5) is 0. The third-order valence-corrected chi connectivity index (χ3v) is 3.90. The number of rotatable bonds is 2. The van der Waals surface area contributed by atoms with Crippen LogP contribution in [-0.2, 0) is 5.41 Å². The number of aliphatic hydroxyl groups is 1. The predicted octanol–water partition coefficient (Wildman–Crippen LogP) is 2.19. The molecule has 0 amide bonds. The van der Waals surface area contributed by atoms with E-state index in [0.717, 1.165) is 23.7 Å². The molecule has 15 heavy (non-hydrogen) atoms. The van der Waals surface area contributed by atoms with Gasteiger partial charge in [0.1, 0.15) is 0 Å². The van der Waals surface area contributed by atoms with Gasteiger partial charge in [-0.2, -0.15) is 0 Å². The minimum absolute atomic E-state index is 0.0107. The van der Waals surface area contributed by atoms with Crippen LogP contribution in [0.2, 0.25) is 0 Å². The van der Waals surface area contributed by atoms with Crippen molar-refractivity contribution >= 4 is 15.9 Å². The van der Waals surface area contributed by atoms with Gasteiger partial charge in [-0.25, -0.2) is 0 Å². The molecule has 1 saturated carbocycles. The quantitative estimate of drug-likeness (QED) is 0.865. The van der Waals surface area contributed by atoms with Gasteiger partial charge in [-0.3, -0.25) is 0 Å². The van der Waals surface area contributed by atoms with E-state index in [1.165, 1.54) is 5.56 Å². The third kappa shape index (κ3) is 2.10. The first-order chi connectivity index (χ1) is 7.16. The Kier molecular flexibility index (Phi) is 3.14. The third-order valence-electron chi connectivity index (χ3n) is 3.41. The van der Waals surface area contributed by atoms with Crippen LogP contribution in [0.3, 0.4) is 0 Å². The number of aliphatic hydroxyl groups excluding tert-OH is 1. The Morgan fingerprint density at radius 3 is 2.87 bits per heavy atom. The summed E-state index contributed by atoms with van der Waals surface area (Å²) in [5, 5.41) is 9.66. The molecule has 1 fully saturated rings. The summed E-state index contributed by atoms with van der Waals surface area (Å²) in [5.41, 5.74) is 7.12. The van der Waals surface area contributed by atoms with Gasteiger partial charge < -0.3 is 10.8 Å². The average Bonchev–Trinajstić information content (AvgIpc) is 2.61. The van der Waals surface area contributed by atoms with Gasteiger partial charge >= 0.3 is 0 Å². The highest BCUT2D eigenvalue weighted by Crippen LogP contribution is 2.40. The number of hydrogen-bond donors (Lipinski definition) is 2. The Morgan fingerprint density at radius 1 is 1.53 bits per heavy atom. The maximum atomic E-state index is 9.66. The van der Waals surface area contributed by atoms with Crippen LogP contribution < -0.4 is 5.73 Å². The van der Waals surface area contributed by atoms with Crippen LogP contribution >= 0.6 is 15.9 Å². The predicted molar refractivity (Wildman–Crippen MR) is 64.7 cm³/mol. The van der Waals surface area contributed by atoms with E-state index in [4.69, 9.17) is 5.73 Å². The molecule has 1 aromatic rings. The van der Waals surface area contributed by atoms with E-state index in [9.17, 15) is 5.11 Å². The summed E-state index contributed by atoms with van der Waals surface area (Å²) in [6.45, 7) is 0.612. The topological polar surface area (TPSA) is 46.2 Å². The van der Waals surface area contributed by atoms with Gasteiger partial charge in [-0.05, 0) is 37.0 Å². The lowest BCUT2D eigenvalue weighted by Gasteiger charge is -2.28. The molecule has 0 radical (unpaired) electrons. The molecule has 3 heteroatoms. The van der Waals surface area contributed by atoms with Crippen LogP contribution in [0, 0.1) is 0 Å². The highest BCUT2D eigenvalue weighted by Gasteiger charge is 2.38. The second kappa shape index (κ2) is 4.24. The molecule has 2 atom stereocenters. The van der Waals surface area contributed by atoms with Crippen molar-refractivity contribution in [1.82, 2.24) is 0 Å². The Hall–Kier alpha value is -0.380. The summed E-state index contributed by atoms with van der Waals surface area (Å²) in [6, 6.07) is 8.27. The molecular weight excluding hydrogens is 254 g/mol. The normalized spacial score (nSPS) is 30.7. The summed E-state index contributed by atoms with van der Waals surface area (Å²) in [7, 11) is 0. The van der Waals surface area contributed by atoms with E-state index in [0.29, 0.717) is 6.54 Å². The van der Waals surface area contributed by atoms with Crippen molar-refractivity contribution in [2.24, 2.45) is 5.73 Å². The molecule has 1 aliphatic carbocycles. The Balaban J connectivity index is 2.34. The molecule has 2 rings (SSSR count). The fraction of sp³-hybridized carbons (Fsp3) is 0.500. The molecule has 0 saturated heterocycles. The highest BCUT2D eigenvalue weighted by atomic mass is 79.9. The van der Waals surface area contributed by atoms with Gasteiger partial charge in [-0.1, -0.05) is 28.1 Å². The first-order valence-electron chi connectivity index (χ1n) is 5.30. The standard InChI is InChI=1S/C12H16BrNO/c13-10-3-1-2-9(6-10)12(8-14)5-4-11(15)7-12/h1-3,6,11,15H,4-5,7-8,14H2. The first kappa shape index (κ1) is 11.1. The lowest BCUT2D eigenvalue weighted by Crippen LogP contribution is -2.33. The zero-order valence-corrected chi connectivity index (χ0v) is 10.2. The summed E-state index contributed by atoms with van der Waals surface area (Å²) in [6.07, 6.45) is 2.46. The van der Waals surface area contributed by atoms with Crippen molar-refractivity contribution < 1.29 is 5.11 Å². The minimum Gasteiger partial charge on any atom is -0.393 e. The maximum absolute atomic E-state index is 9.66. The van der Waals surface area contributed by atoms with E-state index in [1.54, 1.807) is 0 Å². The largest absolute Gasteiger partial charge is 0.393 e. The lowest BCUT2D eigenvalue weighted by atomic mass is 9.79. The van der Waals surface area contributed by atoms with Gasteiger partial charge in [0.2, 0.25) is 0 Å². The van der Waals surface area contributed by atoms with Crippen molar-refractivity contribution in [1.29, 1.82) is 0 Å². The van der Waals surface area contributed by atoms with E-state index in [2.05, 4.69) is 28.1 Å². The fourth-order valence-corrected chi connectivity index (χ4v) is 2.88. The van der Waals surface area contributed by atoms with E-state index >= 15 is 0 Å². The van der Waals surface area contributed by atoms with Gasteiger partial charge in [-0.15, -0.1) is 0 Å². The molecule has 0 aliphatic heterocycles. The van der Waals surface area contributed by atoms with Crippen molar-refractivity contribution in [3.8, 4) is 0 Å². The van der Waals surface area contributed by atoms with E-state index < -0.39 is 0 Å². The maximum Gasteiger partial charge on any atom is 0.0549 e. The Bertz CT molecular complexity index is 355. The fourth-order valence-electron chi connectivity index (χ4n) is 2.48. The van der Waals surface area contributed by atoms with Crippen LogP contribution in [0.25, 0.3) is 0 Å². The molecule has 1 aromatic carbocycles. The monoisotopic (exact) mass is 269 g/mol. The van der Waals surface area contributed by atoms with Gasteiger partial charge in [0.15, 0.2) is 0 Å². The zero-order chi connectivity index (χ0) is 10.9. The van der Waals surface area contributed by atoms with Gasteiger partial charge in [0.05, 0.1) is 6.10 Å². The number of nitrogens with two attached hydrogens (primary N) is 1. The molecule has 0 aromatic heterocycles. The molecule has 1 aliphatic rings. The minimum atomic E-state index is -0.187. The smallest absolute Gasteiger partial charge is 0.0549 e. The second-order valence-corrected chi connectivity index (χ2v) is 5.31. The zero-order valence-electron chi connectivity index (χ0n) is 8.62. The highest BCUT2D eigenvalue weighted by molar-refractivity contribution is 9.10. The second-order valence-electron chi connectivity index (χ2n) is 4.39. The molecule has 3 N–H and O–H groups in total. The molecule has 2 unspecified atom stereocenters. The van der Waals surface area contributed by atoms with Crippen LogP contribution in [0.1, 0.15) is 24.8 Å². The van der Waals surface area contributed by atoms with Crippen LogP contribution in [0.5, 0.6) is 0 Å². The number of benzene rings is 1. The van der Waals surface area contributed by atoms with Gasteiger partial charge in [0, 0.05) is 16.4 Å². The molecular formula is C12H16BrNO. The molecule has 2 nitrogen and oxygen atoms in total. The van der Waals surface area contributed by atoms with E-state index in [1.807, 2.05) is 12.1 Å². The first-order valence-corrected chi connectivity index (χ1v) is 6.10. The molecule has 0 heterocycles. The summed E-state index contributed by atoms with van der Waals surface area (Å²) in [5.74, 6) is 0. The Morgan fingerprint density at radius 2 is 2.33 bits per heavy atom. The summed E-state index contributed by atoms with van der Waals surface area (Å²) < 4.78 is 1.08. The summed E-state index contributed by atoms with van der Waals surface area (Å²) >= 11 is 3.47. The van der Waals surface area contributed by atoms with Crippen molar-refractivity contribution in [3.63, 3.8) is 0 Å². The Labute approximate surface area is 98.6 Å².